The zero-order valence-corrected chi connectivity index (χ0v) is 21.2. The Bertz CT molecular complexity index is 1190. The minimum Gasteiger partial charge on any atom is -0.492 e. The van der Waals surface area contributed by atoms with Crippen LogP contribution in [0, 0.1) is 6.92 Å². The predicted octanol–water partition coefficient (Wildman–Crippen LogP) is 4.78. The number of benzene rings is 1. The van der Waals surface area contributed by atoms with Crippen molar-refractivity contribution >= 4 is 5.97 Å². The fraction of sp³-hybridized carbons (Fsp3) is 0.481. The standard InChI is InChI=1S/C27H34N4O5/c1-4-18-14-20(13-17(2)25(18)35-12-11-28-10-9-24(32)33)26-30-27(36-31-26)21-15-22(19-7-5-6-8-19)29-23(16-21)34-3/h13-16,19,28H,4-12H2,1-3H3,(H,32,33). The van der Waals surface area contributed by atoms with Crippen molar-refractivity contribution in [3.8, 4) is 34.5 Å². The van der Waals surface area contributed by atoms with Gasteiger partial charge in [-0.25, -0.2) is 4.98 Å². The zero-order chi connectivity index (χ0) is 25.5. The Labute approximate surface area is 211 Å². The number of carbonyl (C=O) groups is 1. The van der Waals surface area contributed by atoms with Crippen molar-refractivity contribution in [2.45, 2.75) is 58.3 Å². The first-order valence-electron chi connectivity index (χ1n) is 12.6. The van der Waals surface area contributed by atoms with E-state index in [0.29, 0.717) is 43.2 Å². The maximum atomic E-state index is 10.6. The van der Waals surface area contributed by atoms with E-state index in [0.717, 1.165) is 53.0 Å². The van der Waals surface area contributed by atoms with E-state index < -0.39 is 5.97 Å². The SMILES string of the molecule is CCc1cc(-c2noc(-c3cc(OC)nc(C4CCCC4)c3)n2)cc(C)c1OCCNCCC(=O)O. The van der Waals surface area contributed by atoms with Gasteiger partial charge in [0.2, 0.25) is 11.7 Å². The fourth-order valence-electron chi connectivity index (χ4n) is 4.63. The van der Waals surface area contributed by atoms with Gasteiger partial charge in [0, 0.05) is 41.9 Å². The number of hydrogen-bond donors (Lipinski definition) is 2. The lowest BCUT2D eigenvalue weighted by Gasteiger charge is -2.15. The van der Waals surface area contributed by atoms with E-state index in [1.54, 1.807) is 7.11 Å². The average molecular weight is 495 g/mol. The number of pyridine rings is 1. The number of methoxy groups -OCH3 is 1. The molecule has 2 aromatic heterocycles. The summed E-state index contributed by atoms with van der Waals surface area (Å²) in [6.45, 7) is 5.52. The Balaban J connectivity index is 1.51. The molecule has 2 N–H and O–H groups in total. The van der Waals surface area contributed by atoms with E-state index in [9.17, 15) is 4.79 Å². The molecule has 36 heavy (non-hydrogen) atoms. The highest BCUT2D eigenvalue weighted by molar-refractivity contribution is 5.67. The highest BCUT2D eigenvalue weighted by Crippen LogP contribution is 2.36. The van der Waals surface area contributed by atoms with Gasteiger partial charge in [-0.05, 0) is 55.5 Å². The summed E-state index contributed by atoms with van der Waals surface area (Å²) in [6, 6.07) is 7.91. The van der Waals surface area contributed by atoms with E-state index in [1.165, 1.54) is 12.8 Å². The maximum absolute atomic E-state index is 10.6. The van der Waals surface area contributed by atoms with Gasteiger partial charge < -0.3 is 24.4 Å². The highest BCUT2D eigenvalue weighted by atomic mass is 16.5. The Hall–Kier alpha value is -3.46. The lowest BCUT2D eigenvalue weighted by Crippen LogP contribution is -2.24. The number of carboxylic acids is 1. The summed E-state index contributed by atoms with van der Waals surface area (Å²) >= 11 is 0. The first kappa shape index (κ1) is 25.6. The third-order valence-electron chi connectivity index (χ3n) is 6.51. The molecule has 0 bridgehead atoms. The summed E-state index contributed by atoms with van der Waals surface area (Å²) in [5.41, 5.74) is 4.73. The first-order valence-corrected chi connectivity index (χ1v) is 12.6. The highest BCUT2D eigenvalue weighted by Gasteiger charge is 2.22. The summed E-state index contributed by atoms with van der Waals surface area (Å²) in [5.74, 6) is 1.97. The van der Waals surface area contributed by atoms with Gasteiger partial charge in [0.15, 0.2) is 0 Å². The van der Waals surface area contributed by atoms with Crippen LogP contribution in [0.4, 0.5) is 0 Å². The van der Waals surface area contributed by atoms with Gasteiger partial charge in [-0.3, -0.25) is 4.79 Å². The number of nitrogens with zero attached hydrogens (tertiary/aromatic N) is 3. The molecule has 1 aromatic carbocycles. The van der Waals surface area contributed by atoms with E-state index in [1.807, 2.05) is 31.2 Å². The molecule has 9 nitrogen and oxygen atoms in total. The largest absolute Gasteiger partial charge is 0.492 e. The summed E-state index contributed by atoms with van der Waals surface area (Å²) < 4.78 is 17.1. The van der Waals surface area contributed by atoms with Crippen molar-refractivity contribution < 1.29 is 23.9 Å². The van der Waals surface area contributed by atoms with Gasteiger partial charge in [-0.1, -0.05) is 24.9 Å². The molecule has 0 saturated heterocycles. The van der Waals surface area contributed by atoms with Crippen molar-refractivity contribution in [1.29, 1.82) is 0 Å². The van der Waals surface area contributed by atoms with Gasteiger partial charge in [-0.15, -0.1) is 0 Å². The third-order valence-corrected chi connectivity index (χ3v) is 6.51. The second-order valence-electron chi connectivity index (χ2n) is 9.10. The number of nitrogens with one attached hydrogen (secondary N) is 1. The van der Waals surface area contributed by atoms with E-state index in [2.05, 4.69) is 22.4 Å². The normalized spacial score (nSPS) is 13.8. The van der Waals surface area contributed by atoms with Crippen molar-refractivity contribution in [1.82, 2.24) is 20.4 Å². The second-order valence-corrected chi connectivity index (χ2v) is 9.10. The minimum atomic E-state index is -0.815. The van der Waals surface area contributed by atoms with Crippen LogP contribution in [0.1, 0.15) is 61.8 Å². The Kier molecular flexibility index (Phi) is 8.53. The number of carboxylic acid groups (broad SMARTS) is 1. The molecule has 0 radical (unpaired) electrons. The molecule has 192 valence electrons. The van der Waals surface area contributed by atoms with Crippen LogP contribution in [-0.2, 0) is 11.2 Å². The lowest BCUT2D eigenvalue weighted by molar-refractivity contribution is -0.136. The van der Waals surface area contributed by atoms with Crippen molar-refractivity contribution in [2.75, 3.05) is 26.8 Å². The molecular weight excluding hydrogens is 460 g/mol. The quantitative estimate of drug-likeness (QED) is 0.343. The zero-order valence-electron chi connectivity index (χ0n) is 21.2. The third kappa shape index (κ3) is 6.20. The topological polar surface area (TPSA) is 120 Å². The Morgan fingerprint density at radius 2 is 1.94 bits per heavy atom. The Morgan fingerprint density at radius 3 is 2.67 bits per heavy atom. The summed E-state index contributed by atoms with van der Waals surface area (Å²) in [5, 5.41) is 16.1. The predicted molar refractivity (Wildman–Crippen MR) is 135 cm³/mol. The number of aliphatic carboxylic acids is 1. The van der Waals surface area contributed by atoms with Crippen LogP contribution in [0.25, 0.3) is 22.8 Å². The molecule has 0 atom stereocenters. The van der Waals surface area contributed by atoms with Crippen LogP contribution in [-0.4, -0.2) is 53.0 Å². The van der Waals surface area contributed by atoms with Crippen LogP contribution in [0.2, 0.25) is 0 Å². The van der Waals surface area contributed by atoms with Crippen LogP contribution in [0.3, 0.4) is 0 Å². The van der Waals surface area contributed by atoms with Crippen LogP contribution in [0.15, 0.2) is 28.8 Å². The Morgan fingerprint density at radius 1 is 1.14 bits per heavy atom. The molecule has 3 aromatic rings. The molecule has 2 heterocycles. The van der Waals surface area contributed by atoms with E-state index in [4.69, 9.17) is 24.1 Å². The lowest BCUT2D eigenvalue weighted by atomic mass is 10.0. The molecule has 0 aliphatic heterocycles. The molecule has 0 unspecified atom stereocenters. The smallest absolute Gasteiger partial charge is 0.304 e. The summed E-state index contributed by atoms with van der Waals surface area (Å²) in [6.07, 6.45) is 5.61. The molecular formula is C27H34N4O5. The van der Waals surface area contributed by atoms with Gasteiger partial charge in [0.05, 0.1) is 13.5 Å². The van der Waals surface area contributed by atoms with Gasteiger partial charge in [-0.2, -0.15) is 4.98 Å². The summed E-state index contributed by atoms with van der Waals surface area (Å²) in [4.78, 5) is 20.0. The van der Waals surface area contributed by atoms with Crippen molar-refractivity contribution in [3.05, 3.63) is 41.1 Å². The van der Waals surface area contributed by atoms with Crippen LogP contribution < -0.4 is 14.8 Å². The summed E-state index contributed by atoms with van der Waals surface area (Å²) in [7, 11) is 1.62. The molecule has 9 heteroatoms. The molecule has 0 spiro atoms. The van der Waals surface area contributed by atoms with Gasteiger partial charge in [0.1, 0.15) is 12.4 Å². The number of hydrogen-bond acceptors (Lipinski definition) is 8. The van der Waals surface area contributed by atoms with E-state index in [-0.39, 0.29) is 6.42 Å². The number of aryl methyl sites for hydroxylation is 2. The minimum absolute atomic E-state index is 0.0921. The van der Waals surface area contributed by atoms with Gasteiger partial charge in [0.25, 0.3) is 5.89 Å². The van der Waals surface area contributed by atoms with Crippen molar-refractivity contribution in [3.63, 3.8) is 0 Å². The number of ether oxygens (including phenoxy) is 2. The monoisotopic (exact) mass is 494 g/mol. The average Bonchev–Trinajstić information content (AvgIpc) is 3.59. The van der Waals surface area contributed by atoms with E-state index >= 15 is 0 Å². The molecule has 0 amide bonds. The molecule has 1 aliphatic rings. The van der Waals surface area contributed by atoms with Crippen molar-refractivity contribution in [2.24, 2.45) is 0 Å². The number of rotatable bonds is 12. The molecule has 4 rings (SSSR count). The van der Waals surface area contributed by atoms with Crippen LogP contribution >= 0.6 is 0 Å². The maximum Gasteiger partial charge on any atom is 0.304 e. The fourth-order valence-corrected chi connectivity index (χ4v) is 4.63. The van der Waals surface area contributed by atoms with Crippen LogP contribution in [0.5, 0.6) is 11.6 Å². The molecule has 1 fully saturated rings. The molecule has 1 saturated carbocycles. The number of aromatic nitrogens is 3. The first-order chi connectivity index (χ1) is 17.5. The molecule has 1 aliphatic carbocycles. The van der Waals surface area contributed by atoms with Gasteiger partial charge >= 0.3 is 5.97 Å². The second kappa shape index (κ2) is 12.0.